The Labute approximate surface area is 257 Å². The summed E-state index contributed by atoms with van der Waals surface area (Å²) >= 11 is 0. The van der Waals surface area contributed by atoms with Crippen molar-refractivity contribution in [3.63, 3.8) is 0 Å². The number of rotatable bonds is 2. The Morgan fingerprint density at radius 3 is 2.00 bits per heavy atom. The fraction of sp³-hybridized carbons (Fsp3) is 0.250. The number of methoxy groups -OCH3 is 2. The van der Waals surface area contributed by atoms with E-state index in [-0.39, 0.29) is 0 Å². The number of nitrogens with zero attached hydrogens (tertiary/aromatic N) is 2. The van der Waals surface area contributed by atoms with E-state index in [2.05, 4.69) is 84.9 Å². The predicted molar refractivity (Wildman–Crippen MR) is 177 cm³/mol. The minimum atomic E-state index is 0.380. The Bertz CT molecular complexity index is 2100. The highest BCUT2D eigenvalue weighted by Gasteiger charge is 2.48. The lowest BCUT2D eigenvalue weighted by Crippen LogP contribution is -2.18. The van der Waals surface area contributed by atoms with Crippen molar-refractivity contribution in [3.05, 3.63) is 119 Å². The molecule has 0 spiro atoms. The molecule has 1 aromatic heterocycles. The van der Waals surface area contributed by atoms with Crippen LogP contribution >= 0.6 is 0 Å². The van der Waals surface area contributed by atoms with E-state index in [1.165, 1.54) is 45.9 Å². The van der Waals surface area contributed by atoms with Crippen LogP contribution in [0.25, 0.3) is 44.3 Å². The highest BCUT2D eigenvalue weighted by atomic mass is 16.5. The van der Waals surface area contributed by atoms with Crippen LogP contribution in [0, 0.1) is 5.92 Å². The average Bonchev–Trinajstić information content (AvgIpc) is 3.34. The molecule has 3 aliphatic carbocycles. The van der Waals surface area contributed by atoms with Crippen LogP contribution in [0.1, 0.15) is 59.3 Å². The molecule has 1 saturated carbocycles. The molecule has 0 saturated heterocycles. The second-order valence-electron chi connectivity index (χ2n) is 12.7. The van der Waals surface area contributed by atoms with Crippen molar-refractivity contribution in [3.8, 4) is 34.0 Å². The zero-order valence-electron chi connectivity index (χ0n) is 25.1. The lowest BCUT2D eigenvalue weighted by molar-refractivity contribution is 0.401. The molecule has 3 aliphatic rings. The number of ether oxygens (including phenoxy) is 2. The third-order valence-electron chi connectivity index (χ3n) is 10.7. The van der Waals surface area contributed by atoms with Crippen LogP contribution in [-0.4, -0.2) is 24.2 Å². The molecule has 0 amide bonds. The molecule has 9 rings (SSSR count). The Morgan fingerprint density at radius 1 is 0.636 bits per heavy atom. The van der Waals surface area contributed by atoms with Crippen LogP contribution < -0.4 is 9.47 Å². The first-order valence-electron chi connectivity index (χ1n) is 15.9. The van der Waals surface area contributed by atoms with Gasteiger partial charge in [0.2, 0.25) is 0 Å². The summed E-state index contributed by atoms with van der Waals surface area (Å²) in [6.07, 6.45) is 4.74. The highest BCUT2D eigenvalue weighted by molar-refractivity contribution is 5.94. The van der Waals surface area contributed by atoms with Gasteiger partial charge in [-0.05, 0) is 94.5 Å². The summed E-state index contributed by atoms with van der Waals surface area (Å²) in [6.45, 7) is 0. The van der Waals surface area contributed by atoms with Crippen molar-refractivity contribution >= 4 is 21.8 Å². The van der Waals surface area contributed by atoms with Gasteiger partial charge in [-0.2, -0.15) is 0 Å². The Balaban J connectivity index is 1.34. The number of hydrogen-bond acceptors (Lipinski definition) is 4. The lowest BCUT2D eigenvalue weighted by Gasteiger charge is -2.32. The molecule has 1 fully saturated rings. The van der Waals surface area contributed by atoms with Crippen LogP contribution in [0.15, 0.2) is 97.1 Å². The molecule has 4 unspecified atom stereocenters. The summed E-state index contributed by atoms with van der Waals surface area (Å²) in [4.78, 5) is 10.7. The fourth-order valence-corrected chi connectivity index (χ4v) is 8.98. The van der Waals surface area contributed by atoms with E-state index in [0.717, 1.165) is 35.3 Å². The van der Waals surface area contributed by atoms with Crippen molar-refractivity contribution in [2.24, 2.45) is 5.92 Å². The van der Waals surface area contributed by atoms with Crippen molar-refractivity contribution in [1.29, 1.82) is 0 Å². The van der Waals surface area contributed by atoms with E-state index in [1.807, 2.05) is 12.1 Å². The van der Waals surface area contributed by atoms with Gasteiger partial charge in [0.1, 0.15) is 22.5 Å². The Kier molecular flexibility index (Phi) is 5.81. The van der Waals surface area contributed by atoms with E-state index in [1.54, 1.807) is 25.3 Å². The lowest BCUT2D eigenvalue weighted by atomic mass is 9.72. The molecule has 4 atom stereocenters. The summed E-state index contributed by atoms with van der Waals surface area (Å²) < 4.78 is 11.6. The van der Waals surface area contributed by atoms with E-state index >= 15 is 0 Å². The normalized spacial score (nSPS) is 21.5. The van der Waals surface area contributed by atoms with Gasteiger partial charge in [0, 0.05) is 11.1 Å². The van der Waals surface area contributed by atoms with Crippen LogP contribution in [0.3, 0.4) is 0 Å². The van der Waals surface area contributed by atoms with Gasteiger partial charge in [-0.3, -0.25) is 0 Å². The first kappa shape index (κ1) is 25.8. The molecule has 5 aromatic carbocycles. The highest BCUT2D eigenvalue weighted by Crippen LogP contribution is 2.63. The van der Waals surface area contributed by atoms with Crippen LogP contribution in [-0.2, 0) is 6.42 Å². The maximum Gasteiger partial charge on any atom is 0.147 e. The van der Waals surface area contributed by atoms with Gasteiger partial charge in [0.25, 0.3) is 0 Å². The van der Waals surface area contributed by atoms with E-state index < -0.39 is 0 Å². The van der Waals surface area contributed by atoms with E-state index in [0.29, 0.717) is 35.2 Å². The van der Waals surface area contributed by atoms with Crippen LogP contribution in [0.4, 0.5) is 0 Å². The largest absolute Gasteiger partial charge is 0.494 e. The van der Waals surface area contributed by atoms with Crippen molar-refractivity contribution in [2.45, 2.75) is 43.4 Å². The molecule has 0 bridgehead atoms. The van der Waals surface area contributed by atoms with Crippen LogP contribution in [0.2, 0.25) is 0 Å². The standard InChI is InChI=1S/C40H34N2O2/c1-43-33-20-21-34(44-2)40-39(33)41-37-29-15-7-5-13-26(29)31-22-32-28(36(31)27-14-6-8-16-30(27)38(37)42-40)17-9-11-24-19-18-23-10-3-4-12-25(23)35(24)32/h3-8,10,12-16,18-21,28,31-32,36H,9,11,17,22H2,1-2H3. The average molecular weight is 575 g/mol. The fourth-order valence-electron chi connectivity index (χ4n) is 8.98. The molecule has 216 valence electrons. The van der Waals surface area contributed by atoms with Gasteiger partial charge in [-0.25, -0.2) is 9.97 Å². The van der Waals surface area contributed by atoms with Crippen molar-refractivity contribution in [2.75, 3.05) is 14.2 Å². The van der Waals surface area contributed by atoms with Crippen LogP contribution in [0.5, 0.6) is 11.5 Å². The molecule has 4 heteroatoms. The number of aryl methyl sites for hydroxylation is 1. The molecular formula is C40H34N2O2. The predicted octanol–water partition coefficient (Wildman–Crippen LogP) is 9.45. The number of hydrogen-bond donors (Lipinski definition) is 0. The summed E-state index contributed by atoms with van der Waals surface area (Å²) in [5, 5.41) is 2.79. The van der Waals surface area contributed by atoms with Gasteiger partial charge < -0.3 is 9.47 Å². The molecule has 1 heterocycles. The first-order chi connectivity index (χ1) is 21.7. The van der Waals surface area contributed by atoms with Gasteiger partial charge >= 0.3 is 0 Å². The maximum atomic E-state index is 5.80. The molecule has 4 nitrogen and oxygen atoms in total. The number of fused-ring (bicyclic) bond motifs is 15. The Morgan fingerprint density at radius 2 is 1.27 bits per heavy atom. The third kappa shape index (κ3) is 3.63. The minimum Gasteiger partial charge on any atom is -0.494 e. The van der Waals surface area contributed by atoms with E-state index in [4.69, 9.17) is 19.4 Å². The molecular weight excluding hydrogens is 540 g/mol. The second kappa shape index (κ2) is 9.92. The smallest absolute Gasteiger partial charge is 0.147 e. The topological polar surface area (TPSA) is 44.2 Å². The Hall–Kier alpha value is -4.70. The van der Waals surface area contributed by atoms with Gasteiger partial charge in [-0.15, -0.1) is 0 Å². The molecule has 44 heavy (non-hydrogen) atoms. The maximum absolute atomic E-state index is 5.80. The van der Waals surface area contributed by atoms with Crippen molar-refractivity contribution in [1.82, 2.24) is 9.97 Å². The summed E-state index contributed by atoms with van der Waals surface area (Å²) in [7, 11) is 3.39. The SMILES string of the molecule is COc1ccc(OC)c2nc3c(nc12)-c1ccccc1C1CC2c4c(ccc5ccccc45)CCCC2C1c1ccccc1-3. The summed E-state index contributed by atoms with van der Waals surface area (Å²) in [5.41, 5.74) is 11.6. The van der Waals surface area contributed by atoms with E-state index in [9.17, 15) is 0 Å². The molecule has 0 N–H and O–H groups in total. The zero-order chi connectivity index (χ0) is 29.4. The summed E-state index contributed by atoms with van der Waals surface area (Å²) in [6, 6.07) is 35.6. The van der Waals surface area contributed by atoms with Gasteiger partial charge in [-0.1, -0.05) is 84.9 Å². The van der Waals surface area contributed by atoms with Gasteiger partial charge in [0.15, 0.2) is 0 Å². The molecule has 6 aromatic rings. The summed E-state index contributed by atoms with van der Waals surface area (Å²) in [5.74, 6) is 3.22. The molecule has 0 radical (unpaired) electrons. The number of aromatic nitrogens is 2. The molecule has 0 aliphatic heterocycles. The third-order valence-corrected chi connectivity index (χ3v) is 10.7. The quantitative estimate of drug-likeness (QED) is 0.207. The minimum absolute atomic E-state index is 0.380. The second-order valence-corrected chi connectivity index (χ2v) is 12.7. The van der Waals surface area contributed by atoms with Crippen molar-refractivity contribution < 1.29 is 9.47 Å². The monoisotopic (exact) mass is 574 g/mol. The zero-order valence-corrected chi connectivity index (χ0v) is 25.1. The van der Waals surface area contributed by atoms with Gasteiger partial charge in [0.05, 0.1) is 25.6 Å². The number of benzene rings is 5. The first-order valence-corrected chi connectivity index (χ1v) is 15.9.